The number of anilines is 1. The van der Waals surface area contributed by atoms with Crippen molar-refractivity contribution in [2.75, 3.05) is 32.6 Å². The van der Waals surface area contributed by atoms with E-state index in [4.69, 9.17) is 25.2 Å². The molecule has 0 bridgehead atoms. The fourth-order valence-corrected chi connectivity index (χ4v) is 3.22. The summed E-state index contributed by atoms with van der Waals surface area (Å²) in [7, 11) is 1.66. The van der Waals surface area contributed by atoms with Gasteiger partial charge >= 0.3 is 0 Å². The maximum absolute atomic E-state index is 12.9. The molecule has 0 atom stereocenters. The van der Waals surface area contributed by atoms with Gasteiger partial charge in [0.05, 0.1) is 17.1 Å². The van der Waals surface area contributed by atoms with Crippen LogP contribution in [0.25, 0.3) is 22.2 Å². The quantitative estimate of drug-likeness (QED) is 0.508. The first kappa shape index (κ1) is 21.0. The van der Waals surface area contributed by atoms with Crippen LogP contribution in [0, 0.1) is 0 Å². The highest BCUT2D eigenvalue weighted by Gasteiger charge is 2.23. The summed E-state index contributed by atoms with van der Waals surface area (Å²) in [5.41, 5.74) is 9.40. The third-order valence-electron chi connectivity index (χ3n) is 4.61. The van der Waals surface area contributed by atoms with E-state index in [2.05, 4.69) is 5.32 Å². The Kier molecular flexibility index (Phi) is 7.00. The number of methoxy groups -OCH3 is 1. The van der Waals surface area contributed by atoms with Crippen LogP contribution in [0.15, 0.2) is 24.3 Å². The number of carbonyl (C=O) groups excluding carboxylic acids is 1. The Balaban J connectivity index is 1.91. The van der Waals surface area contributed by atoms with Gasteiger partial charge < -0.3 is 25.1 Å². The SMILES string of the molecule is COCCCn1c(N)c(C(=O)NCCCOC(C)C)c2nc3ccccc3nc21. The van der Waals surface area contributed by atoms with Crippen molar-refractivity contribution >= 4 is 33.9 Å². The third-order valence-corrected chi connectivity index (χ3v) is 4.61. The zero-order valence-electron chi connectivity index (χ0n) is 17.3. The molecule has 0 saturated carbocycles. The lowest BCUT2D eigenvalue weighted by Crippen LogP contribution is -2.26. The summed E-state index contributed by atoms with van der Waals surface area (Å²) < 4.78 is 12.5. The highest BCUT2D eigenvalue weighted by Crippen LogP contribution is 2.28. The zero-order valence-corrected chi connectivity index (χ0v) is 17.3. The molecular weight excluding hydrogens is 370 g/mol. The predicted octanol–water partition coefficient (Wildman–Crippen LogP) is 2.75. The lowest BCUT2D eigenvalue weighted by molar-refractivity contribution is 0.0757. The molecular formula is C21H29N5O3. The molecule has 29 heavy (non-hydrogen) atoms. The van der Waals surface area contributed by atoms with Crippen molar-refractivity contribution in [2.45, 2.75) is 39.3 Å². The van der Waals surface area contributed by atoms with Gasteiger partial charge in [0.1, 0.15) is 16.9 Å². The van der Waals surface area contributed by atoms with Crippen molar-refractivity contribution in [2.24, 2.45) is 0 Å². The molecule has 1 aromatic carbocycles. The van der Waals surface area contributed by atoms with Crippen LogP contribution in [0.3, 0.4) is 0 Å². The van der Waals surface area contributed by atoms with Crippen LogP contribution in [0.2, 0.25) is 0 Å². The maximum Gasteiger partial charge on any atom is 0.257 e. The first-order valence-corrected chi connectivity index (χ1v) is 9.96. The Bertz CT molecular complexity index is 983. The number of para-hydroxylation sites is 2. The van der Waals surface area contributed by atoms with Crippen molar-refractivity contribution < 1.29 is 14.3 Å². The molecule has 8 heteroatoms. The molecule has 3 aromatic rings. The standard InChI is InChI=1S/C21H29N5O3/c1-14(2)29-13-6-10-23-21(27)17-18-20(26(19(17)22)11-7-12-28-3)25-16-9-5-4-8-15(16)24-18/h4-5,8-9,14H,6-7,10-13,22H2,1-3H3,(H,23,27). The van der Waals surface area contributed by atoms with Crippen LogP contribution in [0.5, 0.6) is 0 Å². The number of hydrogen-bond donors (Lipinski definition) is 2. The molecule has 3 N–H and O–H groups in total. The van der Waals surface area contributed by atoms with Crippen molar-refractivity contribution in [1.82, 2.24) is 19.9 Å². The summed E-state index contributed by atoms with van der Waals surface area (Å²) in [6.45, 7) is 6.26. The molecule has 2 aromatic heterocycles. The molecule has 1 amide bonds. The minimum absolute atomic E-state index is 0.176. The summed E-state index contributed by atoms with van der Waals surface area (Å²) in [4.78, 5) is 22.3. The van der Waals surface area contributed by atoms with E-state index < -0.39 is 0 Å². The van der Waals surface area contributed by atoms with E-state index >= 15 is 0 Å². The Morgan fingerprint density at radius 2 is 1.90 bits per heavy atom. The van der Waals surface area contributed by atoms with Gasteiger partial charge in [0.2, 0.25) is 0 Å². The van der Waals surface area contributed by atoms with E-state index in [-0.39, 0.29) is 12.0 Å². The topological polar surface area (TPSA) is 104 Å². The molecule has 0 aliphatic carbocycles. The number of nitrogens with two attached hydrogens (primary N) is 1. The molecule has 0 unspecified atom stereocenters. The fraction of sp³-hybridized carbons (Fsp3) is 0.476. The number of ether oxygens (including phenoxy) is 2. The van der Waals surface area contributed by atoms with Crippen LogP contribution in [0.4, 0.5) is 5.82 Å². The number of hydrogen-bond acceptors (Lipinski definition) is 6. The van der Waals surface area contributed by atoms with Gasteiger partial charge in [-0.25, -0.2) is 9.97 Å². The molecule has 0 fully saturated rings. The van der Waals surface area contributed by atoms with E-state index in [1.54, 1.807) is 7.11 Å². The third kappa shape index (κ3) is 4.83. The molecule has 0 aliphatic rings. The number of fused-ring (bicyclic) bond motifs is 2. The number of benzene rings is 1. The normalized spacial score (nSPS) is 11.6. The van der Waals surface area contributed by atoms with Gasteiger partial charge in [-0.05, 0) is 38.8 Å². The number of aryl methyl sites for hydroxylation is 1. The molecule has 0 radical (unpaired) electrons. The molecule has 0 aliphatic heterocycles. The van der Waals surface area contributed by atoms with E-state index in [0.29, 0.717) is 48.8 Å². The monoisotopic (exact) mass is 399 g/mol. The molecule has 8 nitrogen and oxygen atoms in total. The van der Waals surface area contributed by atoms with E-state index in [9.17, 15) is 4.79 Å². The van der Waals surface area contributed by atoms with Gasteiger partial charge in [-0.15, -0.1) is 0 Å². The number of nitrogens with zero attached hydrogens (tertiary/aromatic N) is 3. The van der Waals surface area contributed by atoms with E-state index in [1.807, 2.05) is 42.7 Å². The van der Waals surface area contributed by atoms with Gasteiger partial charge in [0.15, 0.2) is 5.65 Å². The van der Waals surface area contributed by atoms with Gasteiger partial charge in [-0.2, -0.15) is 0 Å². The van der Waals surface area contributed by atoms with Crippen LogP contribution >= 0.6 is 0 Å². The minimum atomic E-state index is -0.243. The average Bonchev–Trinajstić information content (AvgIpc) is 2.96. The predicted molar refractivity (Wildman–Crippen MR) is 114 cm³/mol. The highest BCUT2D eigenvalue weighted by molar-refractivity contribution is 6.10. The van der Waals surface area contributed by atoms with Crippen molar-refractivity contribution in [3.05, 3.63) is 29.8 Å². The van der Waals surface area contributed by atoms with Gasteiger partial charge in [0.25, 0.3) is 5.91 Å². The Labute approximate surface area is 170 Å². The zero-order chi connectivity index (χ0) is 20.8. The molecule has 2 heterocycles. The first-order chi connectivity index (χ1) is 14.0. The van der Waals surface area contributed by atoms with Gasteiger partial charge in [-0.1, -0.05) is 12.1 Å². The Morgan fingerprint density at radius 1 is 1.17 bits per heavy atom. The molecule has 3 rings (SSSR count). The van der Waals surface area contributed by atoms with Gasteiger partial charge in [-0.3, -0.25) is 4.79 Å². The van der Waals surface area contributed by atoms with E-state index in [1.165, 1.54) is 0 Å². The average molecular weight is 399 g/mol. The van der Waals surface area contributed by atoms with Crippen molar-refractivity contribution in [3.8, 4) is 0 Å². The van der Waals surface area contributed by atoms with Crippen molar-refractivity contribution in [1.29, 1.82) is 0 Å². The van der Waals surface area contributed by atoms with Crippen LogP contribution in [-0.4, -0.2) is 53.4 Å². The smallest absolute Gasteiger partial charge is 0.257 e. The minimum Gasteiger partial charge on any atom is -0.385 e. The number of carbonyl (C=O) groups is 1. The molecule has 0 saturated heterocycles. The molecule has 156 valence electrons. The number of amides is 1. The fourth-order valence-electron chi connectivity index (χ4n) is 3.22. The number of nitrogens with one attached hydrogen (secondary N) is 1. The lowest BCUT2D eigenvalue weighted by Gasteiger charge is -2.09. The second-order valence-electron chi connectivity index (χ2n) is 7.17. The van der Waals surface area contributed by atoms with Gasteiger partial charge in [0, 0.05) is 33.4 Å². The highest BCUT2D eigenvalue weighted by atomic mass is 16.5. The molecule has 0 spiro atoms. The summed E-state index contributed by atoms with van der Waals surface area (Å²) in [5, 5.41) is 2.93. The van der Waals surface area contributed by atoms with Crippen molar-refractivity contribution in [3.63, 3.8) is 0 Å². The van der Waals surface area contributed by atoms with Crippen LogP contribution < -0.4 is 11.1 Å². The maximum atomic E-state index is 12.9. The Morgan fingerprint density at radius 3 is 2.59 bits per heavy atom. The van der Waals surface area contributed by atoms with Crippen LogP contribution in [-0.2, 0) is 16.0 Å². The largest absolute Gasteiger partial charge is 0.385 e. The summed E-state index contributed by atoms with van der Waals surface area (Å²) >= 11 is 0. The first-order valence-electron chi connectivity index (χ1n) is 9.96. The summed E-state index contributed by atoms with van der Waals surface area (Å²) in [6.07, 6.45) is 1.66. The summed E-state index contributed by atoms with van der Waals surface area (Å²) in [5.74, 6) is 0.134. The summed E-state index contributed by atoms with van der Waals surface area (Å²) in [6, 6.07) is 7.59. The lowest BCUT2D eigenvalue weighted by atomic mass is 10.2. The Hall–Kier alpha value is -2.71. The van der Waals surface area contributed by atoms with Crippen LogP contribution in [0.1, 0.15) is 37.0 Å². The number of aromatic nitrogens is 3. The second-order valence-corrected chi connectivity index (χ2v) is 7.17. The van der Waals surface area contributed by atoms with E-state index in [0.717, 1.165) is 23.9 Å². The number of nitrogen functional groups attached to an aromatic ring is 1. The second kappa shape index (κ2) is 9.67. The number of rotatable bonds is 10.